The molecule has 0 spiro atoms. The van der Waals surface area contributed by atoms with Gasteiger partial charge in [0.15, 0.2) is 11.5 Å². The van der Waals surface area contributed by atoms with E-state index < -0.39 is 17.1 Å². The van der Waals surface area contributed by atoms with Crippen molar-refractivity contribution in [2.24, 2.45) is 0 Å². The predicted molar refractivity (Wildman–Crippen MR) is 161 cm³/mol. The maximum Gasteiger partial charge on any atom is 0.343 e. The van der Waals surface area contributed by atoms with Crippen molar-refractivity contribution >= 4 is 68.9 Å². The molecular formula is C31H23Cl2NO6S. The van der Waals surface area contributed by atoms with E-state index in [1.54, 1.807) is 31.2 Å². The summed E-state index contributed by atoms with van der Waals surface area (Å²) >= 11 is 13.2. The van der Waals surface area contributed by atoms with Crippen LogP contribution < -0.4 is 14.2 Å². The highest BCUT2D eigenvalue weighted by Gasteiger charge is 2.35. The molecule has 0 radical (unpaired) electrons. The highest BCUT2D eigenvalue weighted by molar-refractivity contribution is 8.18. The van der Waals surface area contributed by atoms with Gasteiger partial charge < -0.3 is 14.2 Å². The van der Waals surface area contributed by atoms with Gasteiger partial charge in [-0.3, -0.25) is 14.5 Å². The van der Waals surface area contributed by atoms with Gasteiger partial charge in [-0.05, 0) is 78.2 Å². The standard InChI is InChI=1S/C31H23Cl2NO6S/c1-2-38-26-17-19(16-24(33)28(26)40-30(36)21-10-12-22(32)13-11-21)18-27-29(35)34(31(37)41-27)14-15-39-25-9-5-7-20-6-3-4-8-23(20)25/h3-13,16-18H,2,14-15H2,1H3/b27-18-. The number of fused-ring (bicyclic) bond motifs is 1. The zero-order valence-corrected chi connectivity index (χ0v) is 24.1. The molecule has 0 aliphatic carbocycles. The van der Waals surface area contributed by atoms with E-state index in [1.807, 2.05) is 42.5 Å². The number of nitrogens with zero attached hydrogens (tertiary/aromatic N) is 1. The minimum Gasteiger partial charge on any atom is -0.491 e. The number of rotatable bonds is 9. The number of amides is 2. The second kappa shape index (κ2) is 12.7. The van der Waals surface area contributed by atoms with Gasteiger partial charge in [-0.15, -0.1) is 0 Å². The van der Waals surface area contributed by atoms with E-state index in [0.29, 0.717) is 16.3 Å². The first-order valence-electron chi connectivity index (χ1n) is 12.6. The summed E-state index contributed by atoms with van der Waals surface area (Å²) in [6.45, 7) is 2.29. The summed E-state index contributed by atoms with van der Waals surface area (Å²) in [6.07, 6.45) is 1.55. The van der Waals surface area contributed by atoms with Gasteiger partial charge in [-0.2, -0.15) is 0 Å². The third-order valence-electron chi connectivity index (χ3n) is 6.10. The van der Waals surface area contributed by atoms with Crippen LogP contribution in [0.4, 0.5) is 4.79 Å². The van der Waals surface area contributed by atoms with Crippen LogP contribution in [0.1, 0.15) is 22.8 Å². The number of halogens is 2. The second-order valence-electron chi connectivity index (χ2n) is 8.82. The minimum absolute atomic E-state index is 0.0457. The van der Waals surface area contributed by atoms with Crippen LogP contribution in [-0.2, 0) is 4.79 Å². The lowest BCUT2D eigenvalue weighted by Gasteiger charge is -2.14. The van der Waals surface area contributed by atoms with Gasteiger partial charge in [-0.25, -0.2) is 4.79 Å². The number of benzene rings is 4. The molecule has 1 heterocycles. The normalized spacial score (nSPS) is 14.1. The van der Waals surface area contributed by atoms with Gasteiger partial charge in [0, 0.05) is 10.4 Å². The zero-order chi connectivity index (χ0) is 28.9. The number of ether oxygens (including phenoxy) is 3. The van der Waals surface area contributed by atoms with E-state index in [9.17, 15) is 14.4 Å². The second-order valence-corrected chi connectivity index (χ2v) is 10.7. The van der Waals surface area contributed by atoms with Crippen molar-refractivity contribution < 1.29 is 28.6 Å². The highest BCUT2D eigenvalue weighted by atomic mass is 35.5. The van der Waals surface area contributed by atoms with Gasteiger partial charge in [0.1, 0.15) is 12.4 Å². The van der Waals surface area contributed by atoms with Gasteiger partial charge in [0.2, 0.25) is 0 Å². The average molecular weight is 608 g/mol. The lowest BCUT2D eigenvalue weighted by atomic mass is 10.1. The molecule has 41 heavy (non-hydrogen) atoms. The first kappa shape index (κ1) is 28.5. The molecule has 4 aromatic rings. The van der Waals surface area contributed by atoms with Crippen LogP contribution in [-0.4, -0.2) is 41.8 Å². The fourth-order valence-corrected chi connectivity index (χ4v) is 5.43. The van der Waals surface area contributed by atoms with E-state index in [2.05, 4.69) is 0 Å². The molecule has 0 N–H and O–H groups in total. The summed E-state index contributed by atoms with van der Waals surface area (Å²) in [4.78, 5) is 39.8. The Labute approximate surface area is 250 Å². The average Bonchev–Trinajstić information content (AvgIpc) is 3.22. The van der Waals surface area contributed by atoms with Crippen LogP contribution in [0.25, 0.3) is 16.8 Å². The summed E-state index contributed by atoms with van der Waals surface area (Å²) in [7, 11) is 0. The Bertz CT molecular complexity index is 1670. The molecule has 1 aliphatic heterocycles. The summed E-state index contributed by atoms with van der Waals surface area (Å²) in [5.74, 6) is -0.126. The predicted octanol–water partition coefficient (Wildman–Crippen LogP) is 7.88. The van der Waals surface area contributed by atoms with Gasteiger partial charge in [0.25, 0.3) is 11.1 Å². The molecule has 2 amide bonds. The van der Waals surface area contributed by atoms with Crippen LogP contribution in [0.2, 0.25) is 10.0 Å². The lowest BCUT2D eigenvalue weighted by molar-refractivity contribution is -0.123. The number of thioether (sulfide) groups is 1. The summed E-state index contributed by atoms with van der Waals surface area (Å²) in [5, 5.41) is 2.18. The monoisotopic (exact) mass is 607 g/mol. The Kier molecular flexibility index (Phi) is 8.83. The van der Waals surface area contributed by atoms with Gasteiger partial charge >= 0.3 is 5.97 Å². The van der Waals surface area contributed by atoms with Crippen LogP contribution >= 0.6 is 35.0 Å². The number of hydrogen-bond donors (Lipinski definition) is 0. The number of hydrogen-bond acceptors (Lipinski definition) is 7. The maximum atomic E-state index is 13.1. The Balaban J connectivity index is 1.30. The minimum atomic E-state index is -0.635. The third-order valence-corrected chi connectivity index (χ3v) is 7.54. The van der Waals surface area contributed by atoms with Crippen LogP contribution in [0.5, 0.6) is 17.2 Å². The largest absolute Gasteiger partial charge is 0.491 e. The van der Waals surface area contributed by atoms with Crippen LogP contribution in [0.3, 0.4) is 0 Å². The van der Waals surface area contributed by atoms with Crippen molar-refractivity contribution in [3.05, 3.63) is 105 Å². The summed E-state index contributed by atoms with van der Waals surface area (Å²) < 4.78 is 17.1. The van der Waals surface area contributed by atoms with Crippen LogP contribution in [0.15, 0.2) is 83.8 Å². The highest BCUT2D eigenvalue weighted by Crippen LogP contribution is 2.39. The Morgan fingerprint density at radius 2 is 1.68 bits per heavy atom. The molecule has 0 aromatic heterocycles. The Morgan fingerprint density at radius 1 is 0.927 bits per heavy atom. The first-order valence-corrected chi connectivity index (χ1v) is 14.2. The van der Waals surface area contributed by atoms with E-state index >= 15 is 0 Å². The van der Waals surface area contributed by atoms with Crippen molar-refractivity contribution in [3.63, 3.8) is 0 Å². The summed E-state index contributed by atoms with van der Waals surface area (Å²) in [5.41, 5.74) is 0.789. The molecule has 4 aromatic carbocycles. The molecule has 1 saturated heterocycles. The maximum absolute atomic E-state index is 13.1. The molecule has 208 valence electrons. The van der Waals surface area contributed by atoms with E-state index in [1.165, 1.54) is 18.2 Å². The van der Waals surface area contributed by atoms with E-state index in [-0.39, 0.29) is 46.7 Å². The number of imide groups is 1. The molecule has 0 saturated carbocycles. The molecule has 10 heteroatoms. The fraction of sp³-hybridized carbons (Fsp3) is 0.129. The Morgan fingerprint density at radius 3 is 2.46 bits per heavy atom. The first-order chi connectivity index (χ1) is 19.8. The third kappa shape index (κ3) is 6.51. The van der Waals surface area contributed by atoms with Crippen molar-refractivity contribution in [1.29, 1.82) is 0 Å². The molecule has 1 aliphatic rings. The van der Waals surface area contributed by atoms with Crippen molar-refractivity contribution in [1.82, 2.24) is 4.90 Å². The summed E-state index contributed by atoms with van der Waals surface area (Å²) in [6, 6.07) is 22.9. The molecule has 5 rings (SSSR count). The molecule has 1 fully saturated rings. The fourth-order valence-electron chi connectivity index (χ4n) is 4.18. The van der Waals surface area contributed by atoms with Crippen LogP contribution in [0, 0.1) is 0 Å². The zero-order valence-electron chi connectivity index (χ0n) is 21.8. The molecule has 0 bridgehead atoms. The molecule has 7 nitrogen and oxygen atoms in total. The molecule has 0 atom stereocenters. The quantitative estimate of drug-likeness (QED) is 0.109. The van der Waals surface area contributed by atoms with Gasteiger partial charge in [-0.1, -0.05) is 59.6 Å². The molecule has 0 unspecified atom stereocenters. The van der Waals surface area contributed by atoms with E-state index in [0.717, 1.165) is 27.4 Å². The SMILES string of the molecule is CCOc1cc(/C=C2\SC(=O)N(CCOc3cccc4ccccc34)C2=O)cc(Cl)c1OC(=O)c1ccc(Cl)cc1. The van der Waals surface area contributed by atoms with Crippen molar-refractivity contribution in [2.75, 3.05) is 19.8 Å². The lowest BCUT2D eigenvalue weighted by Crippen LogP contribution is -2.32. The Hall–Kier alpha value is -3.98. The number of esters is 1. The van der Waals surface area contributed by atoms with Crippen molar-refractivity contribution in [2.45, 2.75) is 6.92 Å². The van der Waals surface area contributed by atoms with Crippen molar-refractivity contribution in [3.8, 4) is 17.2 Å². The number of carbonyl (C=O) groups is 3. The number of carbonyl (C=O) groups excluding carboxylic acids is 3. The molecular weight excluding hydrogens is 585 g/mol. The topological polar surface area (TPSA) is 82.1 Å². The smallest absolute Gasteiger partial charge is 0.343 e. The van der Waals surface area contributed by atoms with E-state index in [4.69, 9.17) is 37.4 Å². The van der Waals surface area contributed by atoms with Gasteiger partial charge in [0.05, 0.1) is 28.6 Å².